The Balaban J connectivity index is 1.82. The first kappa shape index (κ1) is 22.1. The summed E-state index contributed by atoms with van der Waals surface area (Å²) in [5.41, 5.74) is 2.58. The summed E-state index contributed by atoms with van der Waals surface area (Å²) in [6, 6.07) is 15.7. The van der Waals surface area contributed by atoms with E-state index in [1.54, 1.807) is 24.3 Å². The van der Waals surface area contributed by atoms with E-state index >= 15 is 0 Å². The van der Waals surface area contributed by atoms with Crippen molar-refractivity contribution in [3.05, 3.63) is 64.7 Å². The molecule has 0 spiro atoms. The molecule has 7 nitrogen and oxygen atoms in total. The molecule has 0 aliphatic rings. The highest BCUT2D eigenvalue weighted by Crippen LogP contribution is 2.29. The highest BCUT2D eigenvalue weighted by Gasteiger charge is 2.16. The van der Waals surface area contributed by atoms with Gasteiger partial charge in [0.2, 0.25) is 10.0 Å². The Kier molecular flexibility index (Phi) is 6.95. The summed E-state index contributed by atoms with van der Waals surface area (Å²) in [4.78, 5) is 9.01. The number of halogens is 1. The molecule has 0 saturated carbocycles. The number of hydrogen-bond donors (Lipinski definition) is 2. The number of sulfonamides is 1. The maximum Gasteiger partial charge on any atom is 0.238 e. The van der Waals surface area contributed by atoms with Crippen molar-refractivity contribution in [3.63, 3.8) is 0 Å². The molecule has 3 aromatic rings. The van der Waals surface area contributed by atoms with Gasteiger partial charge in [0.1, 0.15) is 17.5 Å². The summed E-state index contributed by atoms with van der Waals surface area (Å²) < 4.78 is 22.7. The predicted octanol–water partition coefficient (Wildman–Crippen LogP) is 3.69. The molecule has 0 aliphatic heterocycles. The molecule has 0 bridgehead atoms. The van der Waals surface area contributed by atoms with Crippen molar-refractivity contribution in [1.82, 2.24) is 9.97 Å². The standard InChI is InChI=1S/C20H18ClN5O2S2/c1-29-20-25-18(14-4-6-15(21)7-5-14)17(12-22)19(26-20)24-11-10-13-2-8-16(9-3-13)30(23,27)28/h2-9H,10-11H2,1H3,(H2,23,27,28)(H,24,25,26). The van der Waals surface area contributed by atoms with Gasteiger partial charge in [0.15, 0.2) is 5.16 Å². The van der Waals surface area contributed by atoms with Gasteiger partial charge in [0.25, 0.3) is 0 Å². The Morgan fingerprint density at radius 2 is 1.80 bits per heavy atom. The SMILES string of the molecule is CSc1nc(NCCc2ccc(S(N)(=O)=O)cc2)c(C#N)c(-c2ccc(Cl)cc2)n1. The lowest BCUT2D eigenvalue weighted by Gasteiger charge is -2.12. The molecule has 1 heterocycles. The normalized spacial score (nSPS) is 11.1. The Morgan fingerprint density at radius 3 is 2.37 bits per heavy atom. The summed E-state index contributed by atoms with van der Waals surface area (Å²) in [7, 11) is -3.71. The average Bonchev–Trinajstić information content (AvgIpc) is 2.73. The topological polar surface area (TPSA) is 122 Å². The van der Waals surface area contributed by atoms with Crippen LogP contribution in [0.2, 0.25) is 5.02 Å². The van der Waals surface area contributed by atoms with Crippen LogP contribution >= 0.6 is 23.4 Å². The third-order valence-corrected chi connectivity index (χ3v) is 5.99. The number of rotatable bonds is 7. The average molecular weight is 460 g/mol. The predicted molar refractivity (Wildman–Crippen MR) is 119 cm³/mol. The quantitative estimate of drug-likeness (QED) is 0.408. The molecule has 3 rings (SSSR count). The second kappa shape index (κ2) is 9.45. The molecule has 0 radical (unpaired) electrons. The van der Waals surface area contributed by atoms with Crippen LogP contribution in [-0.2, 0) is 16.4 Å². The van der Waals surface area contributed by atoms with Crippen LogP contribution in [0.1, 0.15) is 11.1 Å². The van der Waals surface area contributed by atoms with E-state index in [1.807, 2.05) is 18.4 Å². The Hall–Kier alpha value is -2.64. The van der Waals surface area contributed by atoms with Gasteiger partial charge >= 0.3 is 0 Å². The van der Waals surface area contributed by atoms with Gasteiger partial charge in [-0.25, -0.2) is 23.5 Å². The molecule has 30 heavy (non-hydrogen) atoms. The minimum absolute atomic E-state index is 0.0685. The van der Waals surface area contributed by atoms with Gasteiger partial charge in [-0.3, -0.25) is 0 Å². The highest BCUT2D eigenvalue weighted by molar-refractivity contribution is 7.98. The lowest BCUT2D eigenvalue weighted by molar-refractivity contribution is 0.598. The molecule has 0 saturated heterocycles. The van der Waals surface area contributed by atoms with E-state index in [1.165, 1.54) is 23.9 Å². The molecule has 1 aromatic heterocycles. The summed E-state index contributed by atoms with van der Waals surface area (Å²) in [5, 5.41) is 19.2. The van der Waals surface area contributed by atoms with Crippen molar-refractivity contribution < 1.29 is 8.42 Å². The van der Waals surface area contributed by atoms with Crippen LogP contribution in [0.3, 0.4) is 0 Å². The van der Waals surface area contributed by atoms with E-state index in [0.29, 0.717) is 40.2 Å². The fraction of sp³-hybridized carbons (Fsp3) is 0.150. The first-order valence-electron chi connectivity index (χ1n) is 8.79. The minimum Gasteiger partial charge on any atom is -0.368 e. The van der Waals surface area contributed by atoms with Crippen LogP contribution < -0.4 is 10.5 Å². The number of nitriles is 1. The number of benzene rings is 2. The smallest absolute Gasteiger partial charge is 0.238 e. The number of anilines is 1. The zero-order valence-electron chi connectivity index (χ0n) is 16.0. The van der Waals surface area contributed by atoms with Gasteiger partial charge < -0.3 is 5.32 Å². The summed E-state index contributed by atoms with van der Waals surface area (Å²) >= 11 is 7.35. The first-order valence-corrected chi connectivity index (χ1v) is 11.9. The van der Waals surface area contributed by atoms with E-state index in [0.717, 1.165) is 11.1 Å². The maximum atomic E-state index is 11.4. The van der Waals surface area contributed by atoms with Crippen LogP contribution in [0.25, 0.3) is 11.3 Å². The van der Waals surface area contributed by atoms with E-state index in [9.17, 15) is 13.7 Å². The van der Waals surface area contributed by atoms with Crippen molar-refractivity contribution in [2.75, 3.05) is 18.1 Å². The lowest BCUT2D eigenvalue weighted by atomic mass is 10.1. The second-order valence-electron chi connectivity index (χ2n) is 6.27. The molecule has 10 heteroatoms. The van der Waals surface area contributed by atoms with Crippen LogP contribution in [0, 0.1) is 11.3 Å². The lowest BCUT2D eigenvalue weighted by Crippen LogP contribution is -2.12. The largest absolute Gasteiger partial charge is 0.368 e. The molecule has 0 aliphatic carbocycles. The van der Waals surface area contributed by atoms with Gasteiger partial charge in [-0.2, -0.15) is 5.26 Å². The molecule has 0 amide bonds. The molecule has 0 fully saturated rings. The third-order valence-electron chi connectivity index (χ3n) is 4.26. The highest BCUT2D eigenvalue weighted by atomic mass is 35.5. The van der Waals surface area contributed by atoms with Crippen LogP contribution in [0.5, 0.6) is 0 Å². The van der Waals surface area contributed by atoms with Crippen molar-refractivity contribution in [3.8, 4) is 17.3 Å². The number of thioether (sulfide) groups is 1. The van der Waals surface area contributed by atoms with Crippen molar-refractivity contribution in [2.24, 2.45) is 5.14 Å². The number of aromatic nitrogens is 2. The monoisotopic (exact) mass is 459 g/mol. The van der Waals surface area contributed by atoms with Gasteiger partial charge in [0, 0.05) is 17.1 Å². The molecule has 2 aromatic carbocycles. The minimum atomic E-state index is -3.71. The zero-order valence-corrected chi connectivity index (χ0v) is 18.4. The van der Waals surface area contributed by atoms with E-state index < -0.39 is 10.0 Å². The third kappa shape index (κ3) is 5.29. The molecule has 0 atom stereocenters. The van der Waals surface area contributed by atoms with Crippen molar-refractivity contribution in [1.29, 1.82) is 5.26 Å². The van der Waals surface area contributed by atoms with E-state index in [4.69, 9.17) is 16.7 Å². The Labute approximate surface area is 184 Å². The summed E-state index contributed by atoms with van der Waals surface area (Å²) in [6.45, 7) is 0.494. The van der Waals surface area contributed by atoms with Gasteiger partial charge in [0.05, 0.1) is 10.6 Å². The Morgan fingerprint density at radius 1 is 1.13 bits per heavy atom. The van der Waals surface area contributed by atoms with Gasteiger partial charge in [-0.15, -0.1) is 0 Å². The number of nitrogens with two attached hydrogens (primary N) is 1. The van der Waals surface area contributed by atoms with Crippen molar-refractivity contribution in [2.45, 2.75) is 16.5 Å². The molecule has 0 unspecified atom stereocenters. The first-order chi connectivity index (χ1) is 14.3. The van der Waals surface area contributed by atoms with Gasteiger partial charge in [-0.05, 0) is 42.5 Å². The van der Waals surface area contributed by atoms with Crippen LogP contribution in [-0.4, -0.2) is 31.2 Å². The number of nitrogens with one attached hydrogen (secondary N) is 1. The fourth-order valence-corrected chi connectivity index (χ4v) is 3.76. The molecular formula is C20H18ClN5O2S2. The maximum absolute atomic E-state index is 11.4. The van der Waals surface area contributed by atoms with Crippen LogP contribution in [0.15, 0.2) is 58.6 Å². The molecule has 3 N–H and O–H groups in total. The summed E-state index contributed by atoms with van der Waals surface area (Å²) in [5.74, 6) is 0.447. The molecular weight excluding hydrogens is 442 g/mol. The van der Waals surface area contributed by atoms with Gasteiger partial charge in [-0.1, -0.05) is 47.6 Å². The fourth-order valence-electron chi connectivity index (χ4n) is 2.75. The zero-order chi connectivity index (χ0) is 21.7. The molecule has 154 valence electrons. The second-order valence-corrected chi connectivity index (χ2v) is 9.04. The van der Waals surface area contributed by atoms with E-state index in [2.05, 4.69) is 21.4 Å². The number of primary sulfonamides is 1. The van der Waals surface area contributed by atoms with Crippen molar-refractivity contribution >= 4 is 39.2 Å². The Bertz CT molecular complexity index is 1190. The summed E-state index contributed by atoms with van der Waals surface area (Å²) in [6.07, 6.45) is 2.47. The van der Waals surface area contributed by atoms with Crippen LogP contribution in [0.4, 0.5) is 5.82 Å². The number of hydrogen-bond acceptors (Lipinski definition) is 7. The van der Waals surface area contributed by atoms with E-state index in [-0.39, 0.29) is 4.90 Å². The number of nitrogens with zero attached hydrogens (tertiary/aromatic N) is 3.